The molecular weight excluding hydrogens is 275 g/mol. The lowest BCUT2D eigenvalue weighted by Gasteiger charge is -2.15. The van der Waals surface area contributed by atoms with Gasteiger partial charge in [-0.2, -0.15) is 5.26 Å². The second-order valence-corrected chi connectivity index (χ2v) is 4.96. The highest BCUT2D eigenvalue weighted by atomic mass is 35.5. The van der Waals surface area contributed by atoms with Crippen LogP contribution in [0.2, 0.25) is 5.02 Å². The predicted molar refractivity (Wildman–Crippen MR) is 77.8 cm³/mol. The molecular formula is C16H14ClFN2. The number of halogens is 2. The van der Waals surface area contributed by atoms with Crippen LogP contribution in [0.15, 0.2) is 42.5 Å². The third kappa shape index (κ3) is 3.36. The zero-order valence-electron chi connectivity index (χ0n) is 11.0. The van der Waals surface area contributed by atoms with Gasteiger partial charge in [0, 0.05) is 17.6 Å². The van der Waals surface area contributed by atoms with Gasteiger partial charge in [0.2, 0.25) is 0 Å². The van der Waals surface area contributed by atoms with E-state index in [1.54, 1.807) is 12.1 Å². The first kappa shape index (κ1) is 14.5. The minimum absolute atomic E-state index is 0.0645. The summed E-state index contributed by atoms with van der Waals surface area (Å²) in [6, 6.07) is 14.1. The average molecular weight is 289 g/mol. The van der Waals surface area contributed by atoms with E-state index in [9.17, 15) is 4.39 Å². The van der Waals surface area contributed by atoms with Gasteiger partial charge in [-0.3, -0.25) is 0 Å². The Kier molecular flexibility index (Phi) is 4.73. The fourth-order valence-electron chi connectivity index (χ4n) is 1.98. The summed E-state index contributed by atoms with van der Waals surface area (Å²) in [5.41, 5.74) is 1.94. The standard InChI is InChI=1S/C16H14ClFN2/c1-11(14-4-2-3-5-15(14)17)20-10-12-6-7-16(18)13(8-12)9-19/h2-8,11,20H,10H2,1H3. The van der Waals surface area contributed by atoms with Crippen molar-refractivity contribution in [3.8, 4) is 6.07 Å². The summed E-state index contributed by atoms with van der Waals surface area (Å²) >= 11 is 6.14. The molecule has 0 bridgehead atoms. The molecule has 2 nitrogen and oxygen atoms in total. The van der Waals surface area contributed by atoms with Crippen LogP contribution in [0.25, 0.3) is 0 Å². The van der Waals surface area contributed by atoms with Crippen LogP contribution in [-0.2, 0) is 6.54 Å². The van der Waals surface area contributed by atoms with E-state index in [-0.39, 0.29) is 11.6 Å². The molecule has 0 fully saturated rings. The summed E-state index contributed by atoms with van der Waals surface area (Å²) in [4.78, 5) is 0. The Morgan fingerprint density at radius 3 is 2.75 bits per heavy atom. The van der Waals surface area contributed by atoms with Gasteiger partial charge in [-0.15, -0.1) is 0 Å². The lowest BCUT2D eigenvalue weighted by molar-refractivity contribution is 0.572. The largest absolute Gasteiger partial charge is 0.306 e. The summed E-state index contributed by atoms with van der Waals surface area (Å²) in [5.74, 6) is -0.490. The highest BCUT2D eigenvalue weighted by Gasteiger charge is 2.09. The zero-order valence-corrected chi connectivity index (χ0v) is 11.8. The van der Waals surface area contributed by atoms with E-state index < -0.39 is 5.82 Å². The molecule has 1 unspecified atom stereocenters. The van der Waals surface area contributed by atoms with Crippen molar-refractivity contribution in [1.29, 1.82) is 5.26 Å². The summed E-state index contributed by atoms with van der Waals surface area (Å²) in [5, 5.41) is 12.8. The number of rotatable bonds is 4. The van der Waals surface area contributed by atoms with Gasteiger partial charge in [0.05, 0.1) is 5.56 Å². The third-order valence-electron chi connectivity index (χ3n) is 3.14. The third-order valence-corrected chi connectivity index (χ3v) is 3.48. The molecule has 2 rings (SSSR count). The van der Waals surface area contributed by atoms with Crippen molar-refractivity contribution in [3.05, 3.63) is 70.0 Å². The predicted octanol–water partition coefficient (Wildman–Crippen LogP) is 4.20. The van der Waals surface area contributed by atoms with Crippen LogP contribution in [0.4, 0.5) is 4.39 Å². The van der Waals surface area contributed by atoms with Crippen LogP contribution in [0.3, 0.4) is 0 Å². The lowest BCUT2D eigenvalue weighted by Crippen LogP contribution is -2.18. The van der Waals surface area contributed by atoms with Crippen molar-refractivity contribution >= 4 is 11.6 Å². The summed E-state index contributed by atoms with van der Waals surface area (Å²) in [6.45, 7) is 2.55. The second-order valence-electron chi connectivity index (χ2n) is 4.55. The molecule has 0 aromatic heterocycles. The Morgan fingerprint density at radius 2 is 2.05 bits per heavy atom. The maximum absolute atomic E-state index is 13.2. The summed E-state index contributed by atoms with van der Waals surface area (Å²) in [6.07, 6.45) is 0. The van der Waals surface area contributed by atoms with E-state index >= 15 is 0 Å². The van der Waals surface area contributed by atoms with Gasteiger partial charge >= 0.3 is 0 Å². The maximum Gasteiger partial charge on any atom is 0.140 e. The van der Waals surface area contributed by atoms with Crippen molar-refractivity contribution < 1.29 is 4.39 Å². The molecule has 0 aliphatic rings. The average Bonchev–Trinajstić information content (AvgIpc) is 2.46. The van der Waals surface area contributed by atoms with E-state index in [4.69, 9.17) is 16.9 Å². The van der Waals surface area contributed by atoms with Crippen LogP contribution < -0.4 is 5.32 Å². The van der Waals surface area contributed by atoms with E-state index in [1.165, 1.54) is 6.07 Å². The molecule has 1 N–H and O–H groups in total. The fraction of sp³-hybridized carbons (Fsp3) is 0.188. The number of benzene rings is 2. The molecule has 2 aromatic rings. The monoisotopic (exact) mass is 288 g/mol. The Balaban J connectivity index is 2.06. The molecule has 0 radical (unpaired) electrons. The van der Waals surface area contributed by atoms with Gasteiger partial charge in [0.25, 0.3) is 0 Å². The van der Waals surface area contributed by atoms with Crippen molar-refractivity contribution in [2.75, 3.05) is 0 Å². The Bertz CT molecular complexity index is 649. The van der Waals surface area contributed by atoms with Crippen LogP contribution in [-0.4, -0.2) is 0 Å². The molecule has 0 saturated carbocycles. The van der Waals surface area contributed by atoms with Crippen molar-refractivity contribution in [1.82, 2.24) is 5.32 Å². The van der Waals surface area contributed by atoms with Crippen molar-refractivity contribution in [2.45, 2.75) is 19.5 Å². The van der Waals surface area contributed by atoms with Crippen LogP contribution in [0, 0.1) is 17.1 Å². The van der Waals surface area contributed by atoms with Gasteiger partial charge < -0.3 is 5.32 Å². The number of hydrogen-bond donors (Lipinski definition) is 1. The highest BCUT2D eigenvalue weighted by molar-refractivity contribution is 6.31. The topological polar surface area (TPSA) is 35.8 Å². The van der Waals surface area contributed by atoms with Gasteiger partial charge in [0.15, 0.2) is 0 Å². The lowest BCUT2D eigenvalue weighted by atomic mass is 10.1. The normalized spacial score (nSPS) is 11.9. The van der Waals surface area contributed by atoms with Crippen LogP contribution in [0.5, 0.6) is 0 Å². The smallest absolute Gasteiger partial charge is 0.140 e. The van der Waals surface area contributed by atoms with E-state index in [1.807, 2.05) is 37.3 Å². The molecule has 0 aliphatic heterocycles. The number of nitrogens with one attached hydrogen (secondary N) is 1. The van der Waals surface area contributed by atoms with E-state index in [2.05, 4.69) is 5.32 Å². The Morgan fingerprint density at radius 1 is 1.30 bits per heavy atom. The van der Waals surface area contributed by atoms with Gasteiger partial charge in [0.1, 0.15) is 11.9 Å². The first-order chi connectivity index (χ1) is 9.61. The molecule has 20 heavy (non-hydrogen) atoms. The molecule has 4 heteroatoms. The molecule has 0 amide bonds. The molecule has 0 aliphatic carbocycles. The molecule has 102 valence electrons. The van der Waals surface area contributed by atoms with Gasteiger partial charge in [-0.1, -0.05) is 35.9 Å². The Hall–Kier alpha value is -1.89. The highest BCUT2D eigenvalue weighted by Crippen LogP contribution is 2.22. The molecule has 1 atom stereocenters. The second kappa shape index (κ2) is 6.51. The minimum Gasteiger partial charge on any atom is -0.306 e. The fourth-order valence-corrected chi connectivity index (χ4v) is 2.27. The zero-order chi connectivity index (χ0) is 14.5. The molecule has 0 saturated heterocycles. The van der Waals surface area contributed by atoms with Gasteiger partial charge in [-0.05, 0) is 36.2 Å². The molecule has 2 aromatic carbocycles. The Labute approximate surface area is 122 Å². The maximum atomic E-state index is 13.2. The molecule has 0 spiro atoms. The first-order valence-electron chi connectivity index (χ1n) is 6.28. The number of nitriles is 1. The first-order valence-corrected chi connectivity index (χ1v) is 6.66. The number of nitrogens with zero attached hydrogens (tertiary/aromatic N) is 1. The summed E-state index contributed by atoms with van der Waals surface area (Å²) in [7, 11) is 0. The minimum atomic E-state index is -0.490. The summed E-state index contributed by atoms with van der Waals surface area (Å²) < 4.78 is 13.2. The van der Waals surface area contributed by atoms with E-state index in [0.29, 0.717) is 11.6 Å². The van der Waals surface area contributed by atoms with Gasteiger partial charge in [-0.25, -0.2) is 4.39 Å². The SMILES string of the molecule is CC(NCc1ccc(F)c(C#N)c1)c1ccccc1Cl. The number of hydrogen-bond acceptors (Lipinski definition) is 2. The van der Waals surface area contributed by atoms with Crippen molar-refractivity contribution in [2.24, 2.45) is 0 Å². The van der Waals surface area contributed by atoms with Crippen LogP contribution >= 0.6 is 11.6 Å². The molecule has 0 heterocycles. The van der Waals surface area contributed by atoms with E-state index in [0.717, 1.165) is 11.1 Å². The van der Waals surface area contributed by atoms with Crippen LogP contribution in [0.1, 0.15) is 29.7 Å². The van der Waals surface area contributed by atoms with Crippen molar-refractivity contribution in [3.63, 3.8) is 0 Å². The quantitative estimate of drug-likeness (QED) is 0.915.